The van der Waals surface area contributed by atoms with Gasteiger partial charge in [-0.05, 0) is 48.3 Å². The zero-order valence-electron chi connectivity index (χ0n) is 12.1. The van der Waals surface area contributed by atoms with Crippen LogP contribution in [0.4, 0.5) is 0 Å². The number of nitrogens with one attached hydrogen (secondary N) is 1. The molecule has 108 valence electrons. The van der Waals surface area contributed by atoms with E-state index in [9.17, 15) is 5.11 Å². The minimum atomic E-state index is -0.497. The van der Waals surface area contributed by atoms with Gasteiger partial charge in [-0.3, -0.25) is 0 Å². The predicted octanol–water partition coefficient (Wildman–Crippen LogP) is 3.34. The van der Waals surface area contributed by atoms with E-state index >= 15 is 0 Å². The van der Waals surface area contributed by atoms with Crippen molar-refractivity contribution in [2.75, 3.05) is 6.54 Å². The Morgan fingerprint density at radius 1 is 1.26 bits per heavy atom. The molecule has 0 aliphatic carbocycles. The normalized spacial score (nSPS) is 14.5. The van der Waals surface area contributed by atoms with E-state index in [1.807, 2.05) is 25.1 Å². The molecule has 2 atom stereocenters. The van der Waals surface area contributed by atoms with Crippen molar-refractivity contribution in [2.24, 2.45) is 5.92 Å². The molecule has 0 fully saturated rings. The average molecular weight is 330 g/mol. The molecule has 0 radical (unpaired) electrons. The molecule has 0 saturated carbocycles. The lowest BCUT2D eigenvalue weighted by Gasteiger charge is -2.21. The summed E-state index contributed by atoms with van der Waals surface area (Å²) in [6.07, 6.45) is -0.730. The second-order valence-electron chi connectivity index (χ2n) is 5.32. The van der Waals surface area contributed by atoms with Gasteiger partial charge in [0, 0.05) is 12.1 Å². The van der Waals surface area contributed by atoms with Crippen LogP contribution in [0.3, 0.4) is 0 Å². The Morgan fingerprint density at radius 3 is 2.53 bits per heavy atom. The molecule has 0 aliphatic heterocycles. The molecule has 0 aliphatic rings. The first-order valence-corrected chi connectivity index (χ1v) is 7.54. The minimum absolute atomic E-state index is 0.234. The highest BCUT2D eigenvalue weighted by atomic mass is 79.9. The molecule has 2 N–H and O–H groups in total. The molecule has 0 heterocycles. The van der Waals surface area contributed by atoms with Gasteiger partial charge in [-0.25, -0.2) is 0 Å². The topological polar surface area (TPSA) is 41.5 Å². The Balaban J connectivity index is 2.77. The third-order valence-electron chi connectivity index (χ3n) is 2.90. The highest BCUT2D eigenvalue weighted by Gasteiger charge is 2.15. The second kappa shape index (κ2) is 7.88. The number of para-hydroxylation sites is 1. The van der Waals surface area contributed by atoms with Crippen LogP contribution in [0, 0.1) is 5.92 Å². The molecule has 1 rings (SSSR count). The maximum absolute atomic E-state index is 9.56. The van der Waals surface area contributed by atoms with Crippen molar-refractivity contribution in [3.8, 4) is 5.75 Å². The summed E-state index contributed by atoms with van der Waals surface area (Å²) in [5.74, 6) is 1.43. The third-order valence-corrected chi connectivity index (χ3v) is 3.52. The van der Waals surface area contributed by atoms with Crippen molar-refractivity contribution in [1.82, 2.24) is 5.32 Å². The van der Waals surface area contributed by atoms with Crippen LogP contribution in [-0.4, -0.2) is 23.9 Å². The van der Waals surface area contributed by atoms with Crippen LogP contribution < -0.4 is 10.1 Å². The monoisotopic (exact) mass is 329 g/mol. The van der Waals surface area contributed by atoms with Gasteiger partial charge in [0.25, 0.3) is 0 Å². The number of rotatable bonds is 7. The standard InChI is InChI=1S/C15H24BrNO2/c1-10(2)8-17-9-13-6-5-7-14(16)15(13)19-12(4)11(3)18/h5-7,10-12,17-18H,8-9H2,1-4H3. The van der Waals surface area contributed by atoms with Gasteiger partial charge >= 0.3 is 0 Å². The first-order valence-electron chi connectivity index (χ1n) is 6.74. The van der Waals surface area contributed by atoms with E-state index in [2.05, 4.69) is 35.1 Å². The summed E-state index contributed by atoms with van der Waals surface area (Å²) in [6.45, 7) is 9.70. The van der Waals surface area contributed by atoms with Gasteiger partial charge in [-0.2, -0.15) is 0 Å². The van der Waals surface area contributed by atoms with Crippen LogP contribution in [0.2, 0.25) is 0 Å². The predicted molar refractivity (Wildman–Crippen MR) is 82.5 cm³/mol. The van der Waals surface area contributed by atoms with E-state index in [0.717, 1.165) is 28.9 Å². The SMILES string of the molecule is CC(C)CNCc1cccc(Br)c1OC(C)C(C)O. The summed E-state index contributed by atoms with van der Waals surface area (Å²) in [6, 6.07) is 5.99. The number of halogens is 1. The Morgan fingerprint density at radius 2 is 1.95 bits per heavy atom. The lowest BCUT2D eigenvalue weighted by atomic mass is 10.1. The fraction of sp³-hybridized carbons (Fsp3) is 0.600. The molecule has 19 heavy (non-hydrogen) atoms. The lowest BCUT2D eigenvalue weighted by Crippen LogP contribution is -2.27. The van der Waals surface area contributed by atoms with Gasteiger partial charge < -0.3 is 15.2 Å². The number of aliphatic hydroxyl groups is 1. The molecule has 2 unspecified atom stereocenters. The highest BCUT2D eigenvalue weighted by molar-refractivity contribution is 9.10. The van der Waals surface area contributed by atoms with Crippen molar-refractivity contribution < 1.29 is 9.84 Å². The maximum atomic E-state index is 9.56. The van der Waals surface area contributed by atoms with Gasteiger partial charge in [0.1, 0.15) is 11.9 Å². The van der Waals surface area contributed by atoms with Crippen LogP contribution in [-0.2, 0) is 6.54 Å². The Labute approximate surface area is 124 Å². The summed E-state index contributed by atoms with van der Waals surface area (Å²) >= 11 is 3.51. The molecule has 4 heteroatoms. The number of hydrogen-bond acceptors (Lipinski definition) is 3. The summed E-state index contributed by atoms with van der Waals surface area (Å²) < 4.78 is 6.78. The van der Waals surface area contributed by atoms with E-state index in [-0.39, 0.29) is 6.10 Å². The molecule has 0 bridgehead atoms. The summed E-state index contributed by atoms with van der Waals surface area (Å²) in [4.78, 5) is 0. The van der Waals surface area contributed by atoms with Gasteiger partial charge in [-0.1, -0.05) is 26.0 Å². The van der Waals surface area contributed by atoms with Crippen LogP contribution in [0.15, 0.2) is 22.7 Å². The van der Waals surface area contributed by atoms with Crippen LogP contribution in [0.25, 0.3) is 0 Å². The molecule has 0 aromatic heterocycles. The van der Waals surface area contributed by atoms with Crippen molar-refractivity contribution in [2.45, 2.75) is 46.4 Å². The lowest BCUT2D eigenvalue weighted by molar-refractivity contribution is 0.0592. The first kappa shape index (κ1) is 16.5. The van der Waals surface area contributed by atoms with Gasteiger partial charge in [0.2, 0.25) is 0 Å². The molecular formula is C15H24BrNO2. The van der Waals surface area contributed by atoms with Crippen molar-refractivity contribution in [1.29, 1.82) is 0 Å². The maximum Gasteiger partial charge on any atom is 0.138 e. The van der Waals surface area contributed by atoms with Crippen LogP contribution in [0.5, 0.6) is 5.75 Å². The molecular weight excluding hydrogens is 306 g/mol. The van der Waals surface area contributed by atoms with Crippen LogP contribution >= 0.6 is 15.9 Å². The smallest absolute Gasteiger partial charge is 0.138 e. The summed E-state index contributed by atoms with van der Waals surface area (Å²) in [5, 5.41) is 13.0. The van der Waals surface area contributed by atoms with Crippen molar-refractivity contribution >= 4 is 15.9 Å². The Hall–Kier alpha value is -0.580. The highest BCUT2D eigenvalue weighted by Crippen LogP contribution is 2.30. The zero-order chi connectivity index (χ0) is 14.4. The second-order valence-corrected chi connectivity index (χ2v) is 6.17. The average Bonchev–Trinajstić information content (AvgIpc) is 2.32. The van der Waals surface area contributed by atoms with Gasteiger partial charge in [0.15, 0.2) is 0 Å². The molecule has 0 amide bonds. The molecule has 0 spiro atoms. The van der Waals surface area contributed by atoms with Gasteiger partial charge in [0.05, 0.1) is 10.6 Å². The largest absolute Gasteiger partial charge is 0.487 e. The van der Waals surface area contributed by atoms with Gasteiger partial charge in [-0.15, -0.1) is 0 Å². The fourth-order valence-electron chi connectivity index (χ4n) is 1.60. The number of benzene rings is 1. The summed E-state index contributed by atoms with van der Waals surface area (Å²) in [5.41, 5.74) is 1.10. The van der Waals surface area contributed by atoms with E-state index < -0.39 is 6.10 Å². The van der Waals surface area contributed by atoms with E-state index in [1.54, 1.807) is 6.92 Å². The van der Waals surface area contributed by atoms with Crippen molar-refractivity contribution in [3.05, 3.63) is 28.2 Å². The number of ether oxygens (including phenoxy) is 1. The van der Waals surface area contributed by atoms with Crippen LogP contribution in [0.1, 0.15) is 33.3 Å². The van der Waals surface area contributed by atoms with Crippen molar-refractivity contribution in [3.63, 3.8) is 0 Å². The third kappa shape index (κ3) is 5.51. The molecule has 3 nitrogen and oxygen atoms in total. The molecule has 1 aromatic carbocycles. The number of hydrogen-bond donors (Lipinski definition) is 2. The van der Waals surface area contributed by atoms with E-state index in [0.29, 0.717) is 5.92 Å². The number of aliphatic hydroxyl groups excluding tert-OH is 1. The first-order chi connectivity index (χ1) is 8.91. The zero-order valence-corrected chi connectivity index (χ0v) is 13.7. The van der Waals surface area contributed by atoms with E-state index in [4.69, 9.17) is 4.74 Å². The minimum Gasteiger partial charge on any atom is -0.487 e. The van der Waals surface area contributed by atoms with E-state index in [1.165, 1.54) is 0 Å². The Kier molecular flexibility index (Phi) is 6.83. The fourth-order valence-corrected chi connectivity index (χ4v) is 2.11. The quantitative estimate of drug-likeness (QED) is 0.806. The molecule has 0 saturated heterocycles. The molecule has 1 aromatic rings. The Bertz CT molecular complexity index is 394. The summed E-state index contributed by atoms with van der Waals surface area (Å²) in [7, 11) is 0.